The van der Waals surface area contributed by atoms with Gasteiger partial charge in [0.15, 0.2) is 5.16 Å². The van der Waals surface area contributed by atoms with Crippen LogP contribution >= 0.6 is 11.8 Å². The maximum absolute atomic E-state index is 11.3. The number of nitrogens with two attached hydrogens (primary N) is 1. The van der Waals surface area contributed by atoms with E-state index in [1.807, 2.05) is 36.6 Å². The van der Waals surface area contributed by atoms with Crippen molar-refractivity contribution >= 4 is 18.0 Å². The molecule has 0 fully saturated rings. The molecule has 0 bridgehead atoms. The summed E-state index contributed by atoms with van der Waals surface area (Å²) in [6.07, 6.45) is 5.22. The zero-order valence-electron chi connectivity index (χ0n) is 11.3. The summed E-state index contributed by atoms with van der Waals surface area (Å²) < 4.78 is 0. The van der Waals surface area contributed by atoms with Crippen LogP contribution in [0.5, 0.6) is 0 Å². The molecule has 0 amide bonds. The molecule has 0 saturated carbocycles. The third-order valence-corrected chi connectivity index (χ3v) is 3.67. The van der Waals surface area contributed by atoms with Gasteiger partial charge in [-0.3, -0.25) is 0 Å². The van der Waals surface area contributed by atoms with Gasteiger partial charge in [0.05, 0.1) is 0 Å². The maximum Gasteiger partial charge on any atom is 0.187 e. The monoisotopic (exact) mass is 287 g/mol. The van der Waals surface area contributed by atoms with E-state index in [0.717, 1.165) is 28.3 Å². The summed E-state index contributed by atoms with van der Waals surface area (Å²) in [4.78, 5) is 19.9. The lowest BCUT2D eigenvalue weighted by atomic mass is 9.95. The van der Waals surface area contributed by atoms with Gasteiger partial charge < -0.3 is 10.5 Å². The van der Waals surface area contributed by atoms with Crippen LogP contribution in [-0.4, -0.2) is 22.5 Å². The molecule has 1 heterocycles. The molecule has 104 valence electrons. The normalized spacial score (nSPS) is 12.1. The quantitative estimate of drug-likeness (QED) is 0.501. The van der Waals surface area contributed by atoms with Crippen molar-refractivity contribution in [3.05, 3.63) is 53.3 Å². The van der Waals surface area contributed by atoms with Crippen molar-refractivity contribution in [3.63, 3.8) is 0 Å². The van der Waals surface area contributed by atoms with Crippen LogP contribution in [0.2, 0.25) is 0 Å². The van der Waals surface area contributed by atoms with Crippen molar-refractivity contribution in [2.24, 2.45) is 5.73 Å². The first kappa shape index (κ1) is 14.7. The molecule has 4 nitrogen and oxygen atoms in total. The average molecular weight is 287 g/mol. The SMILES string of the molecule is CSc1nccc(CC(C=O)c2ccc(CN)cc2)n1. The lowest BCUT2D eigenvalue weighted by molar-refractivity contribution is -0.109. The highest BCUT2D eigenvalue weighted by Gasteiger charge is 2.12. The first-order chi connectivity index (χ1) is 9.76. The molecule has 1 aromatic heterocycles. The second-order valence-corrected chi connectivity index (χ2v) is 5.20. The fourth-order valence-electron chi connectivity index (χ4n) is 1.96. The van der Waals surface area contributed by atoms with Crippen molar-refractivity contribution in [1.82, 2.24) is 9.97 Å². The van der Waals surface area contributed by atoms with E-state index in [9.17, 15) is 4.79 Å². The number of rotatable bonds is 6. The highest BCUT2D eigenvalue weighted by molar-refractivity contribution is 7.98. The van der Waals surface area contributed by atoms with Gasteiger partial charge in [-0.2, -0.15) is 0 Å². The summed E-state index contributed by atoms with van der Waals surface area (Å²) in [6.45, 7) is 0.509. The second-order valence-electron chi connectivity index (χ2n) is 4.43. The minimum absolute atomic E-state index is 0.188. The molecule has 5 heteroatoms. The topological polar surface area (TPSA) is 68.9 Å². The smallest absolute Gasteiger partial charge is 0.187 e. The Morgan fingerprint density at radius 2 is 2.05 bits per heavy atom. The molecular weight excluding hydrogens is 270 g/mol. The first-order valence-corrected chi connectivity index (χ1v) is 7.59. The van der Waals surface area contributed by atoms with Crippen LogP contribution in [0.25, 0.3) is 0 Å². The largest absolute Gasteiger partial charge is 0.326 e. The van der Waals surface area contributed by atoms with Crippen molar-refractivity contribution in [2.45, 2.75) is 24.0 Å². The van der Waals surface area contributed by atoms with E-state index in [2.05, 4.69) is 9.97 Å². The Morgan fingerprint density at radius 1 is 1.30 bits per heavy atom. The zero-order chi connectivity index (χ0) is 14.4. The van der Waals surface area contributed by atoms with E-state index < -0.39 is 0 Å². The standard InChI is InChI=1S/C15H17N3OS/c1-20-15-17-7-6-14(18-15)8-13(10-19)12-4-2-11(9-16)3-5-12/h2-7,10,13H,8-9,16H2,1H3. The van der Waals surface area contributed by atoms with Gasteiger partial charge >= 0.3 is 0 Å². The van der Waals surface area contributed by atoms with Crippen LogP contribution in [-0.2, 0) is 17.8 Å². The number of thioether (sulfide) groups is 1. The number of carbonyl (C=O) groups is 1. The van der Waals surface area contributed by atoms with E-state index in [1.54, 1.807) is 6.20 Å². The molecule has 2 rings (SSSR count). The molecule has 0 aliphatic heterocycles. The molecular formula is C15H17N3OS. The van der Waals surface area contributed by atoms with E-state index in [4.69, 9.17) is 5.73 Å². The van der Waals surface area contributed by atoms with E-state index >= 15 is 0 Å². The number of hydrogen-bond donors (Lipinski definition) is 1. The maximum atomic E-state index is 11.3. The van der Waals surface area contributed by atoms with Gasteiger partial charge in [0, 0.05) is 30.8 Å². The van der Waals surface area contributed by atoms with Gasteiger partial charge in [-0.1, -0.05) is 36.0 Å². The van der Waals surface area contributed by atoms with Crippen molar-refractivity contribution in [3.8, 4) is 0 Å². The van der Waals surface area contributed by atoms with Crippen LogP contribution in [0, 0.1) is 0 Å². The molecule has 0 saturated heterocycles. The van der Waals surface area contributed by atoms with Gasteiger partial charge in [0.2, 0.25) is 0 Å². The molecule has 1 atom stereocenters. The fourth-order valence-corrected chi connectivity index (χ4v) is 2.33. The molecule has 20 heavy (non-hydrogen) atoms. The lowest BCUT2D eigenvalue weighted by Gasteiger charge is -2.11. The molecule has 1 aromatic carbocycles. The molecule has 2 N–H and O–H groups in total. The van der Waals surface area contributed by atoms with Gasteiger partial charge in [-0.05, 0) is 23.4 Å². The predicted octanol–water partition coefficient (Wildman–Crippen LogP) is 2.18. The highest BCUT2D eigenvalue weighted by atomic mass is 32.2. The number of aromatic nitrogens is 2. The summed E-state index contributed by atoms with van der Waals surface area (Å²) in [6, 6.07) is 9.68. The third kappa shape index (κ3) is 3.65. The average Bonchev–Trinajstić information content (AvgIpc) is 2.53. The first-order valence-electron chi connectivity index (χ1n) is 6.37. The number of benzene rings is 1. The van der Waals surface area contributed by atoms with Crippen LogP contribution in [0.15, 0.2) is 41.7 Å². The zero-order valence-corrected chi connectivity index (χ0v) is 12.1. The van der Waals surface area contributed by atoms with Gasteiger partial charge in [0.25, 0.3) is 0 Å². The lowest BCUT2D eigenvalue weighted by Crippen LogP contribution is -2.07. The van der Waals surface area contributed by atoms with E-state index in [1.165, 1.54) is 11.8 Å². The van der Waals surface area contributed by atoms with Gasteiger partial charge in [-0.25, -0.2) is 9.97 Å². The molecule has 1 unspecified atom stereocenters. The summed E-state index contributed by atoms with van der Waals surface area (Å²) in [5.74, 6) is -0.188. The van der Waals surface area contributed by atoms with Crippen LogP contribution in [0.4, 0.5) is 0 Å². The molecule has 0 aliphatic carbocycles. The Balaban J connectivity index is 2.16. The fraction of sp³-hybridized carbons (Fsp3) is 0.267. The van der Waals surface area contributed by atoms with Crippen molar-refractivity contribution in [2.75, 3.05) is 6.26 Å². The number of nitrogens with zero attached hydrogens (tertiary/aromatic N) is 2. The number of aldehydes is 1. The minimum atomic E-state index is -0.188. The predicted molar refractivity (Wildman–Crippen MR) is 80.7 cm³/mol. The molecule has 0 radical (unpaired) electrons. The Labute approximate surface area is 122 Å². The summed E-state index contributed by atoms with van der Waals surface area (Å²) >= 11 is 1.49. The Kier molecular flexibility index (Phi) is 5.26. The van der Waals surface area contributed by atoms with Crippen LogP contribution < -0.4 is 5.73 Å². The molecule has 0 aliphatic rings. The Bertz CT molecular complexity index is 572. The summed E-state index contributed by atoms with van der Waals surface area (Å²) in [7, 11) is 0. The van der Waals surface area contributed by atoms with Crippen LogP contribution in [0.1, 0.15) is 22.7 Å². The van der Waals surface area contributed by atoms with Crippen molar-refractivity contribution in [1.29, 1.82) is 0 Å². The number of hydrogen-bond acceptors (Lipinski definition) is 5. The summed E-state index contributed by atoms with van der Waals surface area (Å²) in [5, 5.41) is 0.727. The second kappa shape index (κ2) is 7.17. The number of carbonyl (C=O) groups excluding carboxylic acids is 1. The van der Waals surface area contributed by atoms with E-state index in [-0.39, 0.29) is 5.92 Å². The van der Waals surface area contributed by atoms with Crippen LogP contribution in [0.3, 0.4) is 0 Å². The minimum Gasteiger partial charge on any atom is -0.326 e. The van der Waals surface area contributed by atoms with Gasteiger partial charge in [0.1, 0.15) is 6.29 Å². The molecule has 0 spiro atoms. The highest BCUT2D eigenvalue weighted by Crippen LogP contribution is 2.19. The van der Waals surface area contributed by atoms with Crippen molar-refractivity contribution < 1.29 is 4.79 Å². The third-order valence-electron chi connectivity index (χ3n) is 3.11. The summed E-state index contributed by atoms with van der Waals surface area (Å²) in [5.41, 5.74) is 8.50. The van der Waals surface area contributed by atoms with Gasteiger partial charge in [-0.15, -0.1) is 0 Å². The Morgan fingerprint density at radius 3 is 2.65 bits per heavy atom. The Hall–Kier alpha value is -1.72. The van der Waals surface area contributed by atoms with E-state index in [0.29, 0.717) is 13.0 Å². The molecule has 2 aromatic rings.